The molecule has 0 unspecified atom stereocenters. The van der Waals surface area contributed by atoms with Crippen LogP contribution >= 0.6 is 15.9 Å². The number of methoxy groups -OCH3 is 1. The second-order valence-corrected chi connectivity index (χ2v) is 4.97. The molecule has 0 radical (unpaired) electrons. The van der Waals surface area contributed by atoms with Gasteiger partial charge in [-0.3, -0.25) is 4.79 Å². The highest BCUT2D eigenvalue weighted by atomic mass is 79.9. The first-order valence-electron chi connectivity index (χ1n) is 5.82. The molecular formula is C15H14BrNO2. The first kappa shape index (κ1) is 13.6. The van der Waals surface area contributed by atoms with Crippen LogP contribution < -0.4 is 10.1 Å². The number of amides is 1. The summed E-state index contributed by atoms with van der Waals surface area (Å²) in [6.45, 7) is 1.94. The molecule has 0 heterocycles. The number of carbonyl (C=O) groups excluding carboxylic acids is 1. The van der Waals surface area contributed by atoms with Crippen molar-refractivity contribution in [3.8, 4) is 5.75 Å². The quantitative estimate of drug-likeness (QED) is 0.928. The zero-order valence-corrected chi connectivity index (χ0v) is 12.3. The smallest absolute Gasteiger partial charge is 0.256 e. The van der Waals surface area contributed by atoms with Crippen LogP contribution in [0.1, 0.15) is 15.9 Å². The Hall–Kier alpha value is -1.81. The van der Waals surface area contributed by atoms with Crippen LogP contribution in [-0.2, 0) is 0 Å². The van der Waals surface area contributed by atoms with Gasteiger partial charge < -0.3 is 10.1 Å². The number of halogens is 1. The molecule has 4 heteroatoms. The van der Waals surface area contributed by atoms with E-state index in [1.165, 1.54) is 0 Å². The monoisotopic (exact) mass is 319 g/mol. The highest BCUT2D eigenvalue weighted by molar-refractivity contribution is 9.10. The van der Waals surface area contributed by atoms with Crippen LogP contribution in [0.25, 0.3) is 0 Å². The summed E-state index contributed by atoms with van der Waals surface area (Å²) < 4.78 is 5.93. The lowest BCUT2D eigenvalue weighted by Crippen LogP contribution is -2.13. The molecular weight excluding hydrogens is 306 g/mol. The van der Waals surface area contributed by atoms with Gasteiger partial charge in [0.2, 0.25) is 0 Å². The summed E-state index contributed by atoms with van der Waals surface area (Å²) in [5, 5.41) is 2.89. The van der Waals surface area contributed by atoms with Gasteiger partial charge in [-0.25, -0.2) is 0 Å². The van der Waals surface area contributed by atoms with E-state index >= 15 is 0 Å². The molecule has 0 bridgehead atoms. The molecule has 0 atom stereocenters. The summed E-state index contributed by atoms with van der Waals surface area (Å²) in [5.74, 6) is 0.567. The predicted octanol–water partition coefficient (Wildman–Crippen LogP) is 4.02. The van der Waals surface area contributed by atoms with Crippen LogP contribution in [0.3, 0.4) is 0 Å². The number of hydrogen-bond acceptors (Lipinski definition) is 2. The summed E-state index contributed by atoms with van der Waals surface area (Å²) in [6, 6.07) is 12.9. The zero-order chi connectivity index (χ0) is 13.8. The van der Waals surface area contributed by atoms with Crippen molar-refractivity contribution in [1.29, 1.82) is 0 Å². The Balaban J connectivity index is 2.26. The Labute approximate surface area is 120 Å². The summed E-state index contributed by atoms with van der Waals surface area (Å²) in [7, 11) is 1.60. The van der Waals surface area contributed by atoms with E-state index in [0.717, 1.165) is 15.7 Å². The Bertz CT molecular complexity index is 611. The molecule has 2 aromatic carbocycles. The van der Waals surface area contributed by atoms with Crippen molar-refractivity contribution < 1.29 is 9.53 Å². The van der Waals surface area contributed by atoms with Crippen molar-refractivity contribution in [1.82, 2.24) is 0 Å². The van der Waals surface area contributed by atoms with Crippen LogP contribution in [0.4, 0.5) is 5.69 Å². The number of ether oxygens (including phenoxy) is 1. The van der Waals surface area contributed by atoms with Crippen LogP contribution in [0.2, 0.25) is 0 Å². The third-order valence-corrected chi connectivity index (χ3v) is 3.50. The fourth-order valence-electron chi connectivity index (χ4n) is 1.70. The van der Waals surface area contributed by atoms with Crippen LogP contribution in [0.5, 0.6) is 5.75 Å². The van der Waals surface area contributed by atoms with Crippen molar-refractivity contribution in [3.63, 3.8) is 0 Å². The second kappa shape index (κ2) is 5.89. The fraction of sp³-hybridized carbons (Fsp3) is 0.133. The molecule has 98 valence electrons. The lowest BCUT2D eigenvalue weighted by atomic mass is 10.1. The van der Waals surface area contributed by atoms with Crippen LogP contribution in [0.15, 0.2) is 46.9 Å². The Morgan fingerprint density at radius 3 is 2.63 bits per heavy atom. The maximum atomic E-state index is 12.2. The average Bonchev–Trinajstić information content (AvgIpc) is 2.41. The zero-order valence-electron chi connectivity index (χ0n) is 10.7. The molecule has 0 fully saturated rings. The molecule has 0 aliphatic rings. The van der Waals surface area contributed by atoms with Gasteiger partial charge >= 0.3 is 0 Å². The maximum absolute atomic E-state index is 12.2. The van der Waals surface area contributed by atoms with Gasteiger partial charge in [0.15, 0.2) is 0 Å². The first-order chi connectivity index (χ1) is 9.11. The summed E-state index contributed by atoms with van der Waals surface area (Å²) >= 11 is 3.37. The average molecular weight is 320 g/mol. The summed E-state index contributed by atoms with van der Waals surface area (Å²) in [6.07, 6.45) is 0. The van der Waals surface area contributed by atoms with E-state index in [-0.39, 0.29) is 5.91 Å². The molecule has 1 amide bonds. The third-order valence-electron chi connectivity index (χ3n) is 2.81. The molecule has 3 nitrogen and oxygen atoms in total. The van der Waals surface area contributed by atoms with E-state index in [2.05, 4.69) is 21.2 Å². The molecule has 19 heavy (non-hydrogen) atoms. The van der Waals surface area contributed by atoms with Gasteiger partial charge in [0.25, 0.3) is 5.91 Å². The molecule has 0 saturated carbocycles. The Kier molecular flexibility index (Phi) is 4.22. The van der Waals surface area contributed by atoms with Gasteiger partial charge in [0.05, 0.1) is 12.7 Å². The number of hydrogen-bond donors (Lipinski definition) is 1. The van der Waals surface area contributed by atoms with Gasteiger partial charge in [-0.1, -0.05) is 18.2 Å². The number of nitrogens with one attached hydrogen (secondary N) is 1. The lowest BCUT2D eigenvalue weighted by molar-refractivity contribution is 0.102. The van der Waals surface area contributed by atoms with E-state index < -0.39 is 0 Å². The fourth-order valence-corrected chi connectivity index (χ4v) is 2.16. The number of carbonyl (C=O) groups is 1. The van der Waals surface area contributed by atoms with E-state index in [1.54, 1.807) is 13.2 Å². The largest absolute Gasteiger partial charge is 0.497 e. The normalized spacial score (nSPS) is 10.1. The number of aryl methyl sites for hydroxylation is 1. The predicted molar refractivity (Wildman–Crippen MR) is 79.8 cm³/mol. The van der Waals surface area contributed by atoms with Crippen molar-refractivity contribution >= 4 is 27.5 Å². The third kappa shape index (κ3) is 3.15. The molecule has 0 aliphatic heterocycles. The molecule has 2 aromatic rings. The van der Waals surface area contributed by atoms with Crippen molar-refractivity contribution in [2.45, 2.75) is 6.92 Å². The van der Waals surface area contributed by atoms with Gasteiger partial charge in [0, 0.05) is 16.2 Å². The van der Waals surface area contributed by atoms with Crippen LogP contribution in [0, 0.1) is 6.92 Å². The molecule has 0 spiro atoms. The standard InChI is InChI=1S/C15H14BrNO2/c1-10-7-8-11(19-2)9-14(10)17-15(18)12-5-3-4-6-13(12)16/h3-9H,1-2H3,(H,17,18). The summed E-state index contributed by atoms with van der Waals surface area (Å²) in [5.41, 5.74) is 2.34. The highest BCUT2D eigenvalue weighted by Gasteiger charge is 2.11. The van der Waals surface area contributed by atoms with E-state index in [4.69, 9.17) is 4.74 Å². The topological polar surface area (TPSA) is 38.3 Å². The number of benzene rings is 2. The second-order valence-electron chi connectivity index (χ2n) is 4.11. The van der Waals surface area contributed by atoms with Crippen LogP contribution in [-0.4, -0.2) is 13.0 Å². The molecule has 2 rings (SSSR count). The lowest BCUT2D eigenvalue weighted by Gasteiger charge is -2.11. The van der Waals surface area contributed by atoms with Crippen molar-refractivity contribution in [2.75, 3.05) is 12.4 Å². The van der Waals surface area contributed by atoms with E-state index in [0.29, 0.717) is 11.3 Å². The Morgan fingerprint density at radius 2 is 1.95 bits per heavy atom. The van der Waals surface area contributed by atoms with E-state index in [9.17, 15) is 4.79 Å². The van der Waals surface area contributed by atoms with Gasteiger partial charge in [-0.15, -0.1) is 0 Å². The minimum absolute atomic E-state index is 0.149. The Morgan fingerprint density at radius 1 is 1.21 bits per heavy atom. The van der Waals surface area contributed by atoms with Gasteiger partial charge in [0.1, 0.15) is 5.75 Å². The minimum atomic E-state index is -0.149. The number of anilines is 1. The maximum Gasteiger partial charge on any atom is 0.256 e. The van der Waals surface area contributed by atoms with Gasteiger partial charge in [-0.05, 0) is 46.6 Å². The molecule has 1 N–H and O–H groups in total. The number of rotatable bonds is 3. The minimum Gasteiger partial charge on any atom is -0.497 e. The summed E-state index contributed by atoms with van der Waals surface area (Å²) in [4.78, 5) is 12.2. The first-order valence-corrected chi connectivity index (χ1v) is 6.61. The molecule has 0 aliphatic carbocycles. The SMILES string of the molecule is COc1ccc(C)c(NC(=O)c2ccccc2Br)c1. The van der Waals surface area contributed by atoms with E-state index in [1.807, 2.05) is 43.3 Å². The van der Waals surface area contributed by atoms with Crippen molar-refractivity contribution in [2.24, 2.45) is 0 Å². The highest BCUT2D eigenvalue weighted by Crippen LogP contribution is 2.23. The van der Waals surface area contributed by atoms with Crippen molar-refractivity contribution in [3.05, 3.63) is 58.1 Å². The van der Waals surface area contributed by atoms with Gasteiger partial charge in [-0.2, -0.15) is 0 Å². The molecule has 0 aromatic heterocycles. The molecule has 0 saturated heterocycles.